The van der Waals surface area contributed by atoms with Gasteiger partial charge in [0.05, 0.1) is 25.0 Å². The number of nitrogens with one attached hydrogen (secondary N) is 9. The van der Waals surface area contributed by atoms with E-state index in [-0.39, 0.29) is 60.2 Å². The number of amides is 12. The van der Waals surface area contributed by atoms with E-state index in [0.29, 0.717) is 22.0 Å². The number of thiol groups is 1. The molecule has 10 atom stereocenters. The number of aryl methyl sites for hydroxylation is 1. The summed E-state index contributed by atoms with van der Waals surface area (Å²) in [4.78, 5) is 189. The zero-order valence-corrected chi connectivity index (χ0v) is 53.9. The Kier molecular flexibility index (Phi) is 30.0. The minimum Gasteiger partial charge on any atom is -0.508 e. The van der Waals surface area contributed by atoms with Crippen LogP contribution in [-0.4, -0.2) is 200 Å². The molecule has 5 aromatic rings. The van der Waals surface area contributed by atoms with E-state index in [4.69, 9.17) is 28.7 Å². The van der Waals surface area contributed by atoms with Crippen LogP contribution in [0.15, 0.2) is 65.8 Å². The number of thioether (sulfide) groups is 1. The normalized spacial score (nSPS) is 14.2. The third kappa shape index (κ3) is 24.0. The fraction of sp³-hybridized carbons (Fsp3) is 0.456. The molecule has 95 heavy (non-hydrogen) atoms. The van der Waals surface area contributed by atoms with Crippen molar-refractivity contribution in [1.29, 1.82) is 0 Å². The number of carboxylic acid groups (broad SMARTS) is 1. The minimum absolute atomic E-state index is 0.00946. The highest BCUT2D eigenvalue weighted by Crippen LogP contribution is 2.20. The van der Waals surface area contributed by atoms with Crippen molar-refractivity contribution in [2.75, 3.05) is 17.8 Å². The van der Waals surface area contributed by atoms with Crippen LogP contribution < -0.4 is 76.9 Å². The van der Waals surface area contributed by atoms with Gasteiger partial charge in [-0.2, -0.15) is 29.1 Å². The van der Waals surface area contributed by atoms with E-state index in [9.17, 15) is 82.4 Å². The van der Waals surface area contributed by atoms with E-state index in [1.165, 1.54) is 55.6 Å². The SMILES string of the molecule is CSCC[C@H](NC(=O)[C@H](CCC(N)=O)NC(=O)[C@H](CC(N)=O)NC(=O)[C@H](Cc1c[nH]c2ccccc12)NC(=O)[C@@H](NC(=O)[C@H](Cc1ccc(O)cc1)NC(=O)[C@@H](N)CS)[C@@H](C)O)C(=O)N[C@@H](CC(N)=O)C(=O)N[C@@H](CC(C)C)C(=O)O.Cn1nnc2c(C(N)=O)ncn2c1=O. The monoisotopic (exact) mass is 1370 g/mol. The number of aromatic amines is 1. The number of primary amides is 4. The molecule has 0 aliphatic carbocycles. The number of imidazole rings is 1. The number of hydrogen-bond donors (Lipinski definition) is 18. The fourth-order valence-electron chi connectivity index (χ4n) is 9.08. The molecule has 12 amide bonds. The molecule has 36 nitrogen and oxygen atoms in total. The van der Waals surface area contributed by atoms with E-state index in [1.54, 1.807) is 44.4 Å². The Balaban J connectivity index is 0.00000120. The standard InChI is InChI=1S/C51H73N13O15S2.C6H6N6O2/c1-24(2)17-38(51(78)79)63-48(75)37(21-41(55)69)60-45(72)33(15-16-81-4)58-44(71)32(13-14-39(53)67)57-47(74)36(20-40(54)68)61-46(73)35(19-27-22-56-31-8-6-5-7-29(27)31)62-50(77)42(25(3)65)64-49(76)34(59-43(70)30(52)23-80)18-26-9-11-28(66)12-10-26;1-11-6(14)12-2-8-3(4(7)13)5(12)9-10-11/h5-12,22,24-25,30,32-38,42,56,65-66,80H,13-21,23,52H2,1-4H3,(H2,53,67)(H2,54,68)(H2,55,69)(H,57,74)(H,58,71)(H,59,70)(H,60,72)(H,61,73)(H,62,77)(H,63,75)(H,64,76)(H,78,79);2H,1H3,(H2,7,13)/t25-,30+,32+,33+,34+,35+,36+,37+,38+,42+;/m1./s1. The van der Waals surface area contributed by atoms with Crippen molar-refractivity contribution in [3.05, 3.63) is 88.4 Å². The Morgan fingerprint density at radius 1 is 0.653 bits per heavy atom. The number of aromatic hydroxyl groups is 1. The molecule has 3 aromatic heterocycles. The summed E-state index contributed by atoms with van der Waals surface area (Å²) in [5, 5.41) is 57.3. The van der Waals surface area contributed by atoms with Gasteiger partial charge in [-0.3, -0.25) is 57.5 Å². The van der Waals surface area contributed by atoms with Gasteiger partial charge >= 0.3 is 11.7 Å². The summed E-state index contributed by atoms with van der Waals surface area (Å²) in [6, 6.07) is -1.87. The number of nitrogens with zero attached hydrogens (tertiary/aromatic N) is 5. The minimum atomic E-state index is -1.92. The van der Waals surface area contributed by atoms with Gasteiger partial charge in [0, 0.05) is 49.2 Å². The number of H-pyrrole nitrogens is 1. The topological polar surface area (TPSA) is 590 Å². The van der Waals surface area contributed by atoms with Crippen LogP contribution in [-0.2, 0) is 77.4 Å². The van der Waals surface area contributed by atoms with Crippen molar-refractivity contribution in [2.24, 2.45) is 41.6 Å². The van der Waals surface area contributed by atoms with E-state index >= 15 is 0 Å². The first-order chi connectivity index (χ1) is 44.7. The van der Waals surface area contributed by atoms with E-state index in [0.717, 1.165) is 16.0 Å². The van der Waals surface area contributed by atoms with Crippen molar-refractivity contribution >= 4 is 118 Å². The van der Waals surface area contributed by atoms with Crippen molar-refractivity contribution in [3.8, 4) is 5.75 Å². The summed E-state index contributed by atoms with van der Waals surface area (Å²) < 4.78 is 2.13. The number of nitrogens with two attached hydrogens (primary N) is 5. The number of benzene rings is 2. The Morgan fingerprint density at radius 3 is 1.68 bits per heavy atom. The lowest BCUT2D eigenvalue weighted by Crippen LogP contribution is -2.62. The lowest BCUT2D eigenvalue weighted by Gasteiger charge is -2.28. The number of aliphatic hydroxyl groups is 1. The summed E-state index contributed by atoms with van der Waals surface area (Å²) in [5.74, 6) is -13.9. The Labute approximate surface area is 551 Å². The van der Waals surface area contributed by atoms with Crippen molar-refractivity contribution in [2.45, 2.75) is 133 Å². The third-order valence-electron chi connectivity index (χ3n) is 14.0. The summed E-state index contributed by atoms with van der Waals surface area (Å²) in [6.45, 7) is 4.57. The average Bonchev–Trinajstić information content (AvgIpc) is 1.71. The first-order valence-electron chi connectivity index (χ1n) is 29.2. The van der Waals surface area contributed by atoms with Crippen molar-refractivity contribution in [1.82, 2.24) is 71.9 Å². The highest BCUT2D eigenvalue weighted by molar-refractivity contribution is 7.98. The van der Waals surface area contributed by atoms with Gasteiger partial charge in [0.2, 0.25) is 65.0 Å². The number of carbonyl (C=O) groups is 13. The Bertz CT molecular complexity index is 3660. The maximum Gasteiger partial charge on any atom is 0.352 e. The van der Waals surface area contributed by atoms with Crippen molar-refractivity contribution < 1.29 is 77.6 Å². The molecule has 3 heterocycles. The molecular weight excluding hydrogens is 1290 g/mol. The highest BCUT2D eigenvalue weighted by atomic mass is 32.2. The molecule has 0 radical (unpaired) electrons. The predicted octanol–water partition coefficient (Wildman–Crippen LogP) is -6.00. The molecule has 0 bridgehead atoms. The molecule has 0 saturated heterocycles. The first kappa shape index (κ1) is 77.2. The smallest absolute Gasteiger partial charge is 0.352 e. The zero-order chi connectivity index (χ0) is 71.0. The lowest BCUT2D eigenvalue weighted by atomic mass is 10.0. The van der Waals surface area contributed by atoms with Crippen LogP contribution in [0.25, 0.3) is 16.6 Å². The fourth-order valence-corrected chi connectivity index (χ4v) is 9.72. The molecule has 516 valence electrons. The molecule has 2 aromatic carbocycles. The molecule has 0 unspecified atom stereocenters. The second-order valence-electron chi connectivity index (χ2n) is 22.1. The zero-order valence-electron chi connectivity index (χ0n) is 52.2. The molecule has 0 aliphatic rings. The van der Waals surface area contributed by atoms with Gasteiger partial charge in [0.1, 0.15) is 60.4 Å². The van der Waals surface area contributed by atoms with Crippen LogP contribution in [0.5, 0.6) is 5.75 Å². The van der Waals surface area contributed by atoms with Crippen LogP contribution in [0.3, 0.4) is 0 Å². The van der Waals surface area contributed by atoms with Gasteiger partial charge < -0.3 is 91.5 Å². The molecular formula is C57H79N19O17S2. The van der Waals surface area contributed by atoms with Gasteiger partial charge in [0.25, 0.3) is 5.91 Å². The number of aromatic nitrogens is 6. The highest BCUT2D eigenvalue weighted by Gasteiger charge is 2.37. The second kappa shape index (κ2) is 36.9. The number of aliphatic hydroxyl groups excluding tert-OH is 1. The quantitative estimate of drug-likeness (QED) is 0.0166. The Morgan fingerprint density at radius 2 is 1.16 bits per heavy atom. The molecule has 38 heteroatoms. The van der Waals surface area contributed by atoms with Gasteiger partial charge in [-0.15, -0.1) is 5.10 Å². The largest absolute Gasteiger partial charge is 0.508 e. The molecule has 0 saturated carbocycles. The van der Waals surface area contributed by atoms with E-state index in [2.05, 4.69) is 75.4 Å². The van der Waals surface area contributed by atoms with Gasteiger partial charge in [-0.1, -0.05) is 49.4 Å². The molecule has 0 spiro atoms. The maximum absolute atomic E-state index is 14.5. The third-order valence-corrected chi connectivity index (χ3v) is 15.1. The molecule has 0 aliphatic heterocycles. The first-order valence-corrected chi connectivity index (χ1v) is 31.2. The average molecular weight is 1370 g/mol. The van der Waals surface area contributed by atoms with Crippen LogP contribution in [0, 0.1) is 5.92 Å². The van der Waals surface area contributed by atoms with Gasteiger partial charge in [0.15, 0.2) is 11.3 Å². The van der Waals surface area contributed by atoms with Crippen molar-refractivity contribution in [3.63, 3.8) is 0 Å². The lowest BCUT2D eigenvalue weighted by molar-refractivity contribution is -0.143. The van der Waals surface area contributed by atoms with Crippen LogP contribution in [0.2, 0.25) is 0 Å². The summed E-state index contributed by atoms with van der Waals surface area (Å²) in [7, 11) is 1.44. The second-order valence-corrected chi connectivity index (χ2v) is 23.5. The van der Waals surface area contributed by atoms with Crippen LogP contribution >= 0.6 is 24.4 Å². The van der Waals surface area contributed by atoms with Gasteiger partial charge in [-0.05, 0) is 73.4 Å². The van der Waals surface area contributed by atoms with E-state index < -0.39 is 169 Å². The maximum atomic E-state index is 14.5. The van der Waals surface area contributed by atoms with E-state index in [1.807, 2.05) is 0 Å². The summed E-state index contributed by atoms with van der Waals surface area (Å²) in [6.07, 6.45) is -0.687. The molecule has 5 rings (SSSR count). The van der Waals surface area contributed by atoms with Crippen LogP contribution in [0.1, 0.15) is 80.9 Å². The number of carbonyl (C=O) groups excluding carboxylic acids is 12. The number of para-hydroxylation sites is 1. The summed E-state index contributed by atoms with van der Waals surface area (Å²) >= 11 is 5.28. The number of aliphatic carboxylic acids is 1. The summed E-state index contributed by atoms with van der Waals surface area (Å²) in [5.41, 5.74) is 28.3. The molecule has 0 fully saturated rings. The Hall–Kier alpha value is -10.2. The predicted molar refractivity (Wildman–Crippen MR) is 343 cm³/mol. The van der Waals surface area contributed by atoms with Crippen LogP contribution in [0.4, 0.5) is 0 Å². The number of fused-ring (bicyclic) bond motifs is 2. The number of hydrogen-bond acceptors (Lipinski definition) is 22. The van der Waals surface area contributed by atoms with Gasteiger partial charge in [-0.25, -0.2) is 19.0 Å². The molecule has 22 N–H and O–H groups in total. The number of phenolic OH excluding ortho intramolecular Hbond substituents is 1. The number of carboxylic acids is 1. The number of phenols is 1. The number of rotatable bonds is 36.